The first-order valence-electron chi connectivity index (χ1n) is 9.48. The van der Waals surface area contributed by atoms with Crippen molar-refractivity contribution in [2.45, 2.75) is 20.3 Å². The number of carbonyl (C=O) groups is 1. The van der Waals surface area contributed by atoms with E-state index in [9.17, 15) is 4.79 Å². The molecule has 28 heavy (non-hydrogen) atoms. The molecular formula is C24H23N3O. The van der Waals surface area contributed by atoms with E-state index in [0.29, 0.717) is 0 Å². The van der Waals surface area contributed by atoms with Gasteiger partial charge in [-0.1, -0.05) is 67.1 Å². The summed E-state index contributed by atoms with van der Waals surface area (Å²) in [5.74, 6) is 0. The maximum atomic E-state index is 12.7. The lowest BCUT2D eigenvalue weighted by atomic mass is 10.1. The molecule has 4 rings (SSSR count). The number of urea groups is 1. The molecule has 2 amide bonds. The van der Waals surface area contributed by atoms with Crippen LogP contribution in [-0.4, -0.2) is 11.0 Å². The molecule has 0 aliphatic heterocycles. The van der Waals surface area contributed by atoms with Crippen LogP contribution in [-0.2, 0) is 6.42 Å². The minimum absolute atomic E-state index is 0.264. The number of hydrogen-bond donors (Lipinski definition) is 3. The third kappa shape index (κ3) is 3.62. The second-order valence-corrected chi connectivity index (χ2v) is 6.92. The van der Waals surface area contributed by atoms with Crippen LogP contribution < -0.4 is 10.6 Å². The fourth-order valence-electron chi connectivity index (χ4n) is 3.31. The van der Waals surface area contributed by atoms with Crippen molar-refractivity contribution >= 4 is 28.3 Å². The molecule has 0 saturated heterocycles. The largest absolute Gasteiger partial charge is 0.353 e. The van der Waals surface area contributed by atoms with Gasteiger partial charge in [0.1, 0.15) is 0 Å². The molecule has 4 heteroatoms. The Morgan fingerprint density at radius 2 is 1.61 bits per heavy atom. The van der Waals surface area contributed by atoms with Gasteiger partial charge in [-0.15, -0.1) is 0 Å². The smallest absolute Gasteiger partial charge is 0.323 e. The van der Waals surface area contributed by atoms with Crippen molar-refractivity contribution in [3.05, 3.63) is 83.9 Å². The van der Waals surface area contributed by atoms with E-state index in [1.807, 2.05) is 55.5 Å². The zero-order valence-corrected chi connectivity index (χ0v) is 16.0. The van der Waals surface area contributed by atoms with Crippen molar-refractivity contribution in [2.24, 2.45) is 0 Å². The summed E-state index contributed by atoms with van der Waals surface area (Å²) in [6.45, 7) is 4.16. The van der Waals surface area contributed by atoms with Crippen molar-refractivity contribution in [1.82, 2.24) is 4.98 Å². The van der Waals surface area contributed by atoms with Crippen molar-refractivity contribution in [3.63, 3.8) is 0 Å². The Bertz CT molecular complexity index is 1110. The molecule has 4 nitrogen and oxygen atoms in total. The van der Waals surface area contributed by atoms with E-state index in [4.69, 9.17) is 0 Å². The number of para-hydroxylation sites is 1. The SMILES string of the molecule is CCc1ccc(-c2[nH]c3ccccc3c2NC(=O)Nc2ccc(C)cc2)cc1. The van der Waals surface area contributed by atoms with Gasteiger partial charge in [-0.05, 0) is 37.1 Å². The maximum absolute atomic E-state index is 12.7. The number of rotatable bonds is 4. The highest BCUT2D eigenvalue weighted by molar-refractivity contribution is 6.10. The number of anilines is 2. The molecule has 0 radical (unpaired) electrons. The minimum Gasteiger partial charge on any atom is -0.353 e. The van der Waals surface area contributed by atoms with Gasteiger partial charge in [-0.2, -0.15) is 0 Å². The van der Waals surface area contributed by atoms with E-state index < -0.39 is 0 Å². The number of H-pyrrole nitrogens is 1. The topological polar surface area (TPSA) is 56.9 Å². The molecule has 0 saturated carbocycles. The van der Waals surface area contributed by atoms with Gasteiger partial charge in [0.2, 0.25) is 0 Å². The Hall–Kier alpha value is -3.53. The van der Waals surface area contributed by atoms with Crippen molar-refractivity contribution in [1.29, 1.82) is 0 Å². The van der Waals surface area contributed by atoms with Gasteiger partial charge in [0.15, 0.2) is 0 Å². The number of fused-ring (bicyclic) bond motifs is 1. The highest BCUT2D eigenvalue weighted by atomic mass is 16.2. The van der Waals surface area contributed by atoms with E-state index in [0.717, 1.165) is 45.5 Å². The zero-order valence-electron chi connectivity index (χ0n) is 16.0. The average Bonchev–Trinajstić information content (AvgIpc) is 3.08. The van der Waals surface area contributed by atoms with Crippen LogP contribution in [0.4, 0.5) is 16.2 Å². The molecule has 0 aliphatic carbocycles. The molecule has 3 N–H and O–H groups in total. The molecule has 0 fully saturated rings. The average molecular weight is 369 g/mol. The first kappa shape index (κ1) is 17.9. The third-order valence-electron chi connectivity index (χ3n) is 4.90. The van der Waals surface area contributed by atoms with Crippen LogP contribution in [0.3, 0.4) is 0 Å². The minimum atomic E-state index is -0.264. The number of amides is 2. The van der Waals surface area contributed by atoms with Crippen LogP contribution >= 0.6 is 0 Å². The number of nitrogens with one attached hydrogen (secondary N) is 3. The summed E-state index contributed by atoms with van der Waals surface area (Å²) in [4.78, 5) is 16.1. The van der Waals surface area contributed by atoms with Crippen molar-refractivity contribution in [2.75, 3.05) is 10.6 Å². The molecule has 0 bridgehead atoms. The number of aromatic amines is 1. The van der Waals surface area contributed by atoms with E-state index in [1.54, 1.807) is 0 Å². The fourth-order valence-corrected chi connectivity index (χ4v) is 3.31. The Balaban J connectivity index is 1.68. The molecule has 4 aromatic rings. The molecule has 3 aromatic carbocycles. The van der Waals surface area contributed by atoms with Crippen LogP contribution in [0.5, 0.6) is 0 Å². The lowest BCUT2D eigenvalue weighted by Crippen LogP contribution is -2.19. The van der Waals surface area contributed by atoms with Gasteiger partial charge in [0.25, 0.3) is 0 Å². The summed E-state index contributed by atoms with van der Waals surface area (Å²) in [5.41, 5.74) is 6.91. The highest BCUT2D eigenvalue weighted by Crippen LogP contribution is 2.35. The quantitative estimate of drug-likeness (QED) is 0.386. The maximum Gasteiger partial charge on any atom is 0.323 e. The Morgan fingerprint density at radius 3 is 2.32 bits per heavy atom. The Morgan fingerprint density at radius 1 is 0.893 bits per heavy atom. The lowest BCUT2D eigenvalue weighted by Gasteiger charge is -2.10. The van der Waals surface area contributed by atoms with Crippen LogP contribution in [0.25, 0.3) is 22.2 Å². The third-order valence-corrected chi connectivity index (χ3v) is 4.90. The molecule has 0 atom stereocenters. The van der Waals surface area contributed by atoms with Gasteiger partial charge < -0.3 is 15.6 Å². The zero-order chi connectivity index (χ0) is 19.5. The number of hydrogen-bond acceptors (Lipinski definition) is 1. The molecule has 1 aromatic heterocycles. The number of benzene rings is 3. The summed E-state index contributed by atoms with van der Waals surface area (Å²) >= 11 is 0. The second kappa shape index (κ2) is 7.61. The van der Waals surface area contributed by atoms with Crippen LogP contribution in [0.15, 0.2) is 72.8 Å². The van der Waals surface area contributed by atoms with Crippen LogP contribution in [0.2, 0.25) is 0 Å². The second-order valence-electron chi connectivity index (χ2n) is 6.92. The molecule has 0 unspecified atom stereocenters. The van der Waals surface area contributed by atoms with E-state index in [1.165, 1.54) is 5.56 Å². The lowest BCUT2D eigenvalue weighted by molar-refractivity contribution is 0.262. The molecule has 140 valence electrons. The number of aromatic nitrogens is 1. The molecule has 1 heterocycles. The highest BCUT2D eigenvalue weighted by Gasteiger charge is 2.15. The Kier molecular flexibility index (Phi) is 4.85. The number of aryl methyl sites for hydroxylation is 2. The summed E-state index contributed by atoms with van der Waals surface area (Å²) in [6, 6.07) is 23.9. The first-order valence-corrected chi connectivity index (χ1v) is 9.48. The monoisotopic (exact) mass is 369 g/mol. The number of carbonyl (C=O) groups excluding carboxylic acids is 1. The van der Waals surface area contributed by atoms with E-state index >= 15 is 0 Å². The van der Waals surface area contributed by atoms with E-state index in [2.05, 4.69) is 46.8 Å². The Labute approximate surface area is 164 Å². The standard InChI is InChI=1S/C24H23N3O/c1-3-17-10-12-18(13-11-17)22-23(20-6-4-5-7-21(20)26-22)27-24(28)25-19-14-8-16(2)9-15-19/h4-15,26H,3H2,1-2H3,(H2,25,27,28). The van der Waals surface area contributed by atoms with Crippen molar-refractivity contribution in [3.8, 4) is 11.3 Å². The van der Waals surface area contributed by atoms with Gasteiger partial charge in [-0.25, -0.2) is 4.79 Å². The fraction of sp³-hybridized carbons (Fsp3) is 0.125. The summed E-state index contributed by atoms with van der Waals surface area (Å²) in [6.07, 6.45) is 0.997. The van der Waals surface area contributed by atoms with Crippen molar-refractivity contribution < 1.29 is 4.79 Å². The first-order chi connectivity index (χ1) is 13.6. The predicted octanol–water partition coefficient (Wildman–Crippen LogP) is 6.35. The van der Waals surface area contributed by atoms with Crippen LogP contribution in [0, 0.1) is 6.92 Å². The summed E-state index contributed by atoms with van der Waals surface area (Å²) in [7, 11) is 0. The molecule has 0 aliphatic rings. The van der Waals surface area contributed by atoms with Gasteiger partial charge in [-0.3, -0.25) is 0 Å². The molecule has 0 spiro atoms. The normalized spacial score (nSPS) is 10.8. The predicted molar refractivity (Wildman–Crippen MR) is 117 cm³/mol. The summed E-state index contributed by atoms with van der Waals surface area (Å²) < 4.78 is 0. The van der Waals surface area contributed by atoms with Gasteiger partial charge in [0.05, 0.1) is 11.4 Å². The van der Waals surface area contributed by atoms with Gasteiger partial charge >= 0.3 is 6.03 Å². The van der Waals surface area contributed by atoms with E-state index in [-0.39, 0.29) is 6.03 Å². The van der Waals surface area contributed by atoms with Crippen LogP contribution in [0.1, 0.15) is 18.1 Å². The van der Waals surface area contributed by atoms with Gasteiger partial charge in [0, 0.05) is 22.2 Å². The molecular weight excluding hydrogens is 346 g/mol. The summed E-state index contributed by atoms with van der Waals surface area (Å²) in [5, 5.41) is 6.93.